The topological polar surface area (TPSA) is 21.7 Å². The summed E-state index contributed by atoms with van der Waals surface area (Å²) in [6.45, 7) is 2.75. The van der Waals surface area contributed by atoms with Crippen LogP contribution in [0.4, 0.5) is 0 Å². The van der Waals surface area contributed by atoms with Gasteiger partial charge in [-0.3, -0.25) is 4.90 Å². The predicted molar refractivity (Wildman–Crippen MR) is 149 cm³/mol. The molecule has 1 unspecified atom stereocenters. The van der Waals surface area contributed by atoms with Crippen LogP contribution in [0.25, 0.3) is 0 Å². The number of hydrogen-bond acceptors (Lipinski definition) is 3. The van der Waals surface area contributed by atoms with E-state index in [9.17, 15) is 0 Å². The average molecular weight is 510 g/mol. The summed E-state index contributed by atoms with van der Waals surface area (Å²) in [5.74, 6) is 0.957. The highest BCUT2D eigenvalue weighted by molar-refractivity contribution is 6.31. The van der Waals surface area contributed by atoms with E-state index in [1.54, 1.807) is 0 Å². The molecule has 0 saturated carbocycles. The van der Waals surface area contributed by atoms with Crippen molar-refractivity contribution in [2.24, 2.45) is 0 Å². The van der Waals surface area contributed by atoms with Crippen LogP contribution in [0.2, 0.25) is 5.02 Å². The molecule has 1 saturated heterocycles. The zero-order valence-corrected chi connectivity index (χ0v) is 21.7. The van der Waals surface area contributed by atoms with Crippen molar-refractivity contribution in [3.8, 4) is 5.75 Å². The number of hydrogen-bond donors (Lipinski definition) is 0. The fraction of sp³-hybridized carbons (Fsp3) is 0.273. The molecule has 1 aliphatic carbocycles. The quantitative estimate of drug-likeness (QED) is 0.253. The van der Waals surface area contributed by atoms with Gasteiger partial charge in [0.25, 0.3) is 0 Å². The summed E-state index contributed by atoms with van der Waals surface area (Å²) in [7, 11) is 0. The molecular weight excluding hydrogens is 478 g/mol. The Kier molecular flexibility index (Phi) is 7.01. The molecule has 0 N–H and O–H groups in total. The van der Waals surface area contributed by atoms with Gasteiger partial charge in [0.2, 0.25) is 0 Å². The minimum Gasteiger partial charge on any atom is -0.491 e. The Bertz CT molecular complexity index is 1230. The first-order chi connectivity index (χ1) is 18.3. The molecule has 0 aromatic heterocycles. The normalized spacial score (nSPS) is 17.9. The van der Waals surface area contributed by atoms with Gasteiger partial charge in [-0.25, -0.2) is 0 Å². The number of morpholine rings is 1. The maximum atomic E-state index is 6.45. The van der Waals surface area contributed by atoms with Gasteiger partial charge in [-0.1, -0.05) is 103 Å². The van der Waals surface area contributed by atoms with Crippen molar-refractivity contribution in [2.75, 3.05) is 26.3 Å². The lowest BCUT2D eigenvalue weighted by Gasteiger charge is -2.48. The molecule has 0 amide bonds. The zero-order chi connectivity index (χ0) is 25.1. The Morgan fingerprint density at radius 1 is 0.757 bits per heavy atom. The van der Waals surface area contributed by atoms with Gasteiger partial charge in [0.05, 0.1) is 12.1 Å². The molecule has 0 radical (unpaired) electrons. The Morgan fingerprint density at radius 2 is 1.32 bits per heavy atom. The van der Waals surface area contributed by atoms with Crippen molar-refractivity contribution in [3.63, 3.8) is 0 Å². The Hall–Kier alpha value is -3.11. The highest BCUT2D eigenvalue weighted by Crippen LogP contribution is 2.43. The lowest BCUT2D eigenvalue weighted by molar-refractivity contribution is -0.0696. The maximum Gasteiger partial charge on any atom is 0.123 e. The SMILES string of the molecule is Clc1ccc(OCC2CN(C(c3ccccc3)(c3ccccc3)c3ccccc3)CCO2)c2c1CCC2. The fourth-order valence-corrected chi connectivity index (χ4v) is 6.43. The highest BCUT2D eigenvalue weighted by Gasteiger charge is 2.44. The predicted octanol–water partition coefficient (Wildman–Crippen LogP) is 6.90. The number of nitrogens with zero attached hydrogens (tertiary/aromatic N) is 1. The van der Waals surface area contributed by atoms with Gasteiger partial charge < -0.3 is 9.47 Å². The molecule has 3 nitrogen and oxygen atoms in total. The van der Waals surface area contributed by atoms with Gasteiger partial charge in [-0.05, 0) is 59.2 Å². The van der Waals surface area contributed by atoms with E-state index in [0.717, 1.165) is 43.1 Å². The molecule has 1 heterocycles. The summed E-state index contributed by atoms with van der Waals surface area (Å²) in [4.78, 5) is 2.58. The largest absolute Gasteiger partial charge is 0.491 e. The first-order valence-electron chi connectivity index (χ1n) is 13.2. The van der Waals surface area contributed by atoms with Crippen LogP contribution in [0.15, 0.2) is 103 Å². The molecule has 0 bridgehead atoms. The van der Waals surface area contributed by atoms with E-state index >= 15 is 0 Å². The van der Waals surface area contributed by atoms with Gasteiger partial charge in [0.15, 0.2) is 0 Å². The molecule has 1 aliphatic heterocycles. The van der Waals surface area contributed by atoms with E-state index in [1.807, 2.05) is 12.1 Å². The molecule has 6 rings (SSSR count). The second kappa shape index (κ2) is 10.7. The molecule has 4 aromatic rings. The van der Waals surface area contributed by atoms with Crippen LogP contribution in [-0.2, 0) is 23.1 Å². The van der Waals surface area contributed by atoms with Crippen molar-refractivity contribution in [3.05, 3.63) is 136 Å². The van der Waals surface area contributed by atoms with E-state index < -0.39 is 5.54 Å². The lowest BCUT2D eigenvalue weighted by atomic mass is 9.75. The number of halogens is 1. The van der Waals surface area contributed by atoms with E-state index in [1.165, 1.54) is 27.8 Å². The van der Waals surface area contributed by atoms with Crippen molar-refractivity contribution < 1.29 is 9.47 Å². The first kappa shape index (κ1) is 24.2. The number of rotatable bonds is 7. The first-order valence-corrected chi connectivity index (χ1v) is 13.6. The number of ether oxygens (including phenoxy) is 2. The van der Waals surface area contributed by atoms with Crippen LogP contribution in [-0.4, -0.2) is 37.3 Å². The summed E-state index contributed by atoms with van der Waals surface area (Å²) in [6.07, 6.45) is 3.16. The third kappa shape index (κ3) is 4.57. The molecule has 1 atom stereocenters. The standard InChI is InChI=1S/C33H32ClNO2/c34-31-19-20-32(30-18-10-17-29(30)31)37-24-28-23-35(21-22-36-28)33(25-11-4-1-5-12-25,26-13-6-2-7-14-26)27-15-8-3-9-16-27/h1-9,11-16,19-20,28H,10,17-18,21-24H2. The summed E-state index contributed by atoms with van der Waals surface area (Å²) in [6, 6.07) is 36.6. The van der Waals surface area contributed by atoms with Crippen LogP contribution >= 0.6 is 11.6 Å². The Balaban J connectivity index is 1.35. The Morgan fingerprint density at radius 3 is 1.92 bits per heavy atom. The van der Waals surface area contributed by atoms with Gasteiger partial charge in [0, 0.05) is 18.1 Å². The van der Waals surface area contributed by atoms with Crippen LogP contribution in [0, 0.1) is 0 Å². The van der Waals surface area contributed by atoms with Crippen molar-refractivity contribution in [1.82, 2.24) is 4.90 Å². The molecule has 37 heavy (non-hydrogen) atoms. The minimum absolute atomic E-state index is 0.0445. The molecule has 0 spiro atoms. The molecule has 4 heteroatoms. The van der Waals surface area contributed by atoms with Gasteiger partial charge >= 0.3 is 0 Å². The fourth-order valence-electron chi connectivity index (χ4n) is 6.16. The molecule has 1 fully saturated rings. The summed E-state index contributed by atoms with van der Waals surface area (Å²) >= 11 is 6.45. The van der Waals surface area contributed by atoms with Crippen LogP contribution in [0.5, 0.6) is 5.75 Å². The smallest absolute Gasteiger partial charge is 0.123 e. The van der Waals surface area contributed by atoms with Gasteiger partial charge in [-0.2, -0.15) is 0 Å². The second-order valence-corrected chi connectivity index (χ2v) is 10.3. The summed E-state index contributed by atoms with van der Waals surface area (Å²) in [5.41, 5.74) is 5.85. The van der Waals surface area contributed by atoms with Crippen molar-refractivity contribution >= 4 is 11.6 Å². The highest BCUT2D eigenvalue weighted by atomic mass is 35.5. The molecule has 4 aromatic carbocycles. The van der Waals surface area contributed by atoms with Crippen molar-refractivity contribution in [2.45, 2.75) is 30.9 Å². The third-order valence-corrected chi connectivity index (χ3v) is 8.15. The van der Waals surface area contributed by atoms with Gasteiger partial charge in [-0.15, -0.1) is 0 Å². The third-order valence-electron chi connectivity index (χ3n) is 7.80. The number of fused-ring (bicyclic) bond motifs is 1. The summed E-state index contributed by atoms with van der Waals surface area (Å²) in [5, 5.41) is 0.860. The lowest BCUT2D eigenvalue weighted by Crippen LogP contribution is -2.56. The number of benzene rings is 4. The average Bonchev–Trinajstić information content (AvgIpc) is 3.47. The Labute approximate surface area is 224 Å². The second-order valence-electron chi connectivity index (χ2n) is 9.91. The van der Waals surface area contributed by atoms with E-state index in [4.69, 9.17) is 21.1 Å². The van der Waals surface area contributed by atoms with E-state index in [-0.39, 0.29) is 6.10 Å². The summed E-state index contributed by atoms with van der Waals surface area (Å²) < 4.78 is 12.7. The zero-order valence-electron chi connectivity index (χ0n) is 21.0. The van der Waals surface area contributed by atoms with Crippen molar-refractivity contribution in [1.29, 1.82) is 0 Å². The molecule has 2 aliphatic rings. The van der Waals surface area contributed by atoms with Crippen LogP contribution in [0.3, 0.4) is 0 Å². The molecule has 188 valence electrons. The minimum atomic E-state index is -0.437. The van der Waals surface area contributed by atoms with Crippen LogP contribution in [0.1, 0.15) is 34.2 Å². The van der Waals surface area contributed by atoms with Gasteiger partial charge in [0.1, 0.15) is 18.5 Å². The molecular formula is C33H32ClNO2. The van der Waals surface area contributed by atoms with E-state index in [2.05, 4.69) is 95.9 Å². The van der Waals surface area contributed by atoms with Crippen LogP contribution < -0.4 is 4.74 Å². The maximum absolute atomic E-state index is 6.45. The van der Waals surface area contributed by atoms with E-state index in [0.29, 0.717) is 13.2 Å². The monoisotopic (exact) mass is 509 g/mol.